The molecule has 1 aromatic rings. The highest BCUT2D eigenvalue weighted by Gasteiger charge is 2.14. The van der Waals surface area contributed by atoms with Crippen LogP contribution >= 0.6 is 0 Å². The number of methoxy groups -OCH3 is 1. The second-order valence-corrected chi connectivity index (χ2v) is 4.18. The fraction of sp³-hybridized carbons (Fsp3) is 0.286. The summed E-state index contributed by atoms with van der Waals surface area (Å²) in [5.41, 5.74) is 0.143. The van der Waals surface area contributed by atoms with Gasteiger partial charge in [0.25, 0.3) is 5.70 Å². The fourth-order valence-corrected chi connectivity index (χ4v) is 1.53. The van der Waals surface area contributed by atoms with E-state index in [1.165, 1.54) is 38.3 Å². The van der Waals surface area contributed by atoms with E-state index >= 15 is 0 Å². The van der Waals surface area contributed by atoms with Crippen LogP contribution in [0.25, 0.3) is 6.08 Å². The highest BCUT2D eigenvalue weighted by molar-refractivity contribution is 5.71. The van der Waals surface area contributed by atoms with Gasteiger partial charge in [0.05, 0.1) is 12.0 Å². The summed E-state index contributed by atoms with van der Waals surface area (Å²) in [6.07, 6.45) is 1.24. The largest absolute Gasteiger partial charge is 0.493 e. The third kappa shape index (κ3) is 5.23. The van der Waals surface area contributed by atoms with E-state index in [0.717, 1.165) is 6.92 Å². The Balaban J connectivity index is 3.08. The average Bonchev–Trinajstić information content (AvgIpc) is 2.43. The van der Waals surface area contributed by atoms with Crippen molar-refractivity contribution in [2.24, 2.45) is 0 Å². The van der Waals surface area contributed by atoms with Crippen molar-refractivity contribution < 1.29 is 28.7 Å². The van der Waals surface area contributed by atoms with Crippen LogP contribution in [0.5, 0.6) is 11.5 Å². The lowest BCUT2D eigenvalue weighted by molar-refractivity contribution is -0.428. The molecule has 0 amide bonds. The topological polar surface area (TPSA) is 105 Å². The second kappa shape index (κ2) is 7.77. The normalized spacial score (nSPS) is 10.8. The van der Waals surface area contributed by atoms with Crippen molar-refractivity contribution in [3.05, 3.63) is 39.6 Å². The van der Waals surface area contributed by atoms with Crippen molar-refractivity contribution in [1.29, 1.82) is 0 Å². The molecule has 0 fully saturated rings. The molecule has 1 rings (SSSR count). The highest BCUT2D eigenvalue weighted by Crippen LogP contribution is 2.29. The zero-order valence-corrected chi connectivity index (χ0v) is 12.3. The number of carbonyl (C=O) groups is 2. The van der Waals surface area contributed by atoms with Crippen LogP contribution < -0.4 is 9.47 Å². The summed E-state index contributed by atoms with van der Waals surface area (Å²) in [6.45, 7) is 1.96. The Labute approximate surface area is 126 Å². The van der Waals surface area contributed by atoms with Crippen LogP contribution in [-0.2, 0) is 14.3 Å². The molecule has 0 aliphatic carbocycles. The second-order valence-electron chi connectivity index (χ2n) is 4.18. The Bertz CT molecular complexity index is 622. The number of ether oxygens (including phenoxy) is 3. The zero-order valence-electron chi connectivity index (χ0n) is 12.3. The first-order chi connectivity index (χ1) is 10.3. The summed E-state index contributed by atoms with van der Waals surface area (Å²) in [7, 11) is 1.38. The first kappa shape index (κ1) is 17.2. The fourth-order valence-electron chi connectivity index (χ4n) is 1.53. The molecule has 1 aromatic carbocycles. The molecule has 0 spiro atoms. The van der Waals surface area contributed by atoms with Gasteiger partial charge in [-0.15, -0.1) is 0 Å². The minimum Gasteiger partial charge on any atom is -0.493 e. The molecule has 0 aliphatic heterocycles. The zero-order chi connectivity index (χ0) is 16.7. The van der Waals surface area contributed by atoms with Crippen LogP contribution in [0.4, 0.5) is 0 Å². The summed E-state index contributed by atoms with van der Waals surface area (Å²) in [4.78, 5) is 32.0. The van der Waals surface area contributed by atoms with Gasteiger partial charge < -0.3 is 14.2 Å². The summed E-state index contributed by atoms with van der Waals surface area (Å²) >= 11 is 0. The monoisotopic (exact) mass is 309 g/mol. The van der Waals surface area contributed by atoms with Crippen LogP contribution in [0.15, 0.2) is 23.9 Å². The molecular formula is C14H15NO7. The van der Waals surface area contributed by atoms with Crippen molar-refractivity contribution in [2.75, 3.05) is 13.7 Å². The lowest BCUT2D eigenvalue weighted by Gasteiger charge is -2.08. The van der Waals surface area contributed by atoms with E-state index in [2.05, 4.69) is 4.74 Å². The van der Waals surface area contributed by atoms with E-state index in [1.54, 1.807) is 0 Å². The number of nitro groups is 1. The molecule has 0 N–H and O–H groups in total. The molecule has 8 nitrogen and oxygen atoms in total. The van der Waals surface area contributed by atoms with E-state index < -0.39 is 23.5 Å². The van der Waals surface area contributed by atoms with Gasteiger partial charge in [0.15, 0.2) is 18.1 Å². The van der Waals surface area contributed by atoms with Gasteiger partial charge in [-0.2, -0.15) is 0 Å². The lowest BCUT2D eigenvalue weighted by Crippen LogP contribution is -2.09. The minimum absolute atomic E-state index is 0.204. The molecule has 0 saturated carbocycles. The predicted molar refractivity (Wildman–Crippen MR) is 75.9 cm³/mol. The Hall–Kier alpha value is -2.90. The van der Waals surface area contributed by atoms with Gasteiger partial charge in [0.1, 0.15) is 0 Å². The van der Waals surface area contributed by atoms with Gasteiger partial charge in [-0.25, -0.2) is 0 Å². The maximum atomic E-state index is 11.0. The Morgan fingerprint density at radius 2 is 1.91 bits per heavy atom. The first-order valence-corrected chi connectivity index (χ1v) is 6.18. The number of hydrogen-bond acceptors (Lipinski definition) is 7. The van der Waals surface area contributed by atoms with Crippen molar-refractivity contribution in [1.82, 2.24) is 0 Å². The number of hydrogen-bond donors (Lipinski definition) is 0. The molecule has 118 valence electrons. The molecule has 0 saturated heterocycles. The Morgan fingerprint density at radius 3 is 2.41 bits per heavy atom. The molecule has 0 atom stereocenters. The molecule has 0 radical (unpaired) electrons. The van der Waals surface area contributed by atoms with E-state index in [4.69, 9.17) is 9.47 Å². The number of carbonyl (C=O) groups excluding carboxylic acids is 2. The summed E-state index contributed by atoms with van der Waals surface area (Å²) in [6, 6.07) is 4.43. The Kier molecular flexibility index (Phi) is 6.06. The van der Waals surface area contributed by atoms with Crippen LogP contribution in [0.2, 0.25) is 0 Å². The summed E-state index contributed by atoms with van der Waals surface area (Å²) in [5, 5.41) is 10.9. The van der Waals surface area contributed by atoms with Crippen molar-refractivity contribution in [2.45, 2.75) is 13.8 Å². The third-order valence-electron chi connectivity index (χ3n) is 2.43. The molecule has 0 heterocycles. The Morgan fingerprint density at radius 1 is 1.23 bits per heavy atom. The van der Waals surface area contributed by atoms with E-state index in [9.17, 15) is 19.7 Å². The van der Waals surface area contributed by atoms with Gasteiger partial charge in [-0.05, 0) is 17.7 Å². The molecule has 8 heteroatoms. The van der Waals surface area contributed by atoms with Gasteiger partial charge in [-0.3, -0.25) is 19.7 Å². The van der Waals surface area contributed by atoms with Crippen molar-refractivity contribution in [3.8, 4) is 11.5 Å². The van der Waals surface area contributed by atoms with Crippen molar-refractivity contribution in [3.63, 3.8) is 0 Å². The van der Waals surface area contributed by atoms with Gasteiger partial charge >= 0.3 is 11.9 Å². The smallest absolute Gasteiger partial charge is 0.308 e. The van der Waals surface area contributed by atoms with Crippen LogP contribution in [0.3, 0.4) is 0 Å². The van der Waals surface area contributed by atoms with Crippen molar-refractivity contribution >= 4 is 18.0 Å². The standard InChI is InChI=1S/C14H15NO7/c1-9(16)21-8-12(15(18)19)6-11-4-5-13(22-10(2)17)14(7-11)20-3/h4-7H,8H2,1-3H3. The predicted octanol–water partition coefficient (Wildman–Crippen LogP) is 1.80. The molecule has 0 aromatic heterocycles. The number of rotatable bonds is 6. The van der Waals surface area contributed by atoms with E-state index in [-0.39, 0.29) is 17.2 Å². The van der Waals surface area contributed by atoms with Gasteiger partial charge in [0, 0.05) is 19.9 Å². The van der Waals surface area contributed by atoms with E-state index in [0.29, 0.717) is 5.56 Å². The molecule has 22 heavy (non-hydrogen) atoms. The third-order valence-corrected chi connectivity index (χ3v) is 2.43. The van der Waals surface area contributed by atoms with Crippen LogP contribution in [0, 0.1) is 10.1 Å². The van der Waals surface area contributed by atoms with Crippen LogP contribution in [0.1, 0.15) is 19.4 Å². The summed E-state index contributed by atoms with van der Waals surface area (Å²) in [5.74, 6) is -0.674. The SMILES string of the molecule is COc1cc(C=C(COC(C)=O)[N+](=O)[O-])ccc1OC(C)=O. The number of benzene rings is 1. The molecule has 0 bridgehead atoms. The molecular weight excluding hydrogens is 294 g/mol. The maximum absolute atomic E-state index is 11.0. The van der Waals surface area contributed by atoms with Gasteiger partial charge in [-0.1, -0.05) is 6.07 Å². The number of nitrogens with zero attached hydrogens (tertiary/aromatic N) is 1. The maximum Gasteiger partial charge on any atom is 0.308 e. The molecule has 0 unspecified atom stereocenters. The minimum atomic E-state index is -0.643. The first-order valence-electron chi connectivity index (χ1n) is 6.18. The number of esters is 2. The van der Waals surface area contributed by atoms with E-state index in [1.807, 2.05) is 0 Å². The molecule has 0 aliphatic rings. The quantitative estimate of drug-likeness (QED) is 0.341. The lowest BCUT2D eigenvalue weighted by atomic mass is 10.1. The van der Waals surface area contributed by atoms with Gasteiger partial charge in [0.2, 0.25) is 0 Å². The van der Waals surface area contributed by atoms with Crippen LogP contribution in [-0.4, -0.2) is 30.6 Å². The average molecular weight is 309 g/mol. The highest BCUT2D eigenvalue weighted by atomic mass is 16.6. The summed E-state index contributed by atoms with van der Waals surface area (Å²) < 4.78 is 14.6.